The van der Waals surface area contributed by atoms with Crippen molar-refractivity contribution in [1.29, 1.82) is 0 Å². The highest BCUT2D eigenvalue weighted by atomic mass is 16.5. The smallest absolute Gasteiger partial charge is 0.141 e. The summed E-state index contributed by atoms with van der Waals surface area (Å²) in [7, 11) is 1.73. The zero-order valence-corrected chi connectivity index (χ0v) is 13.3. The molecule has 1 aliphatic carbocycles. The van der Waals surface area contributed by atoms with E-state index in [1.165, 1.54) is 32.1 Å². The monoisotopic (exact) mass is 268 g/mol. The van der Waals surface area contributed by atoms with Crippen LogP contribution in [0.1, 0.15) is 72.1 Å². The van der Waals surface area contributed by atoms with Crippen LogP contribution in [0, 0.1) is 17.3 Å². The van der Waals surface area contributed by atoms with Crippen LogP contribution in [0.4, 0.5) is 0 Å². The standard InChI is InChI=1S/C17H32O2/c1-5-7-10-15(6-2)12-16(18)17(13-19-4)11-8-9-14(17)3/h14-15H,5-13H2,1-4H3. The number of hydrogen-bond donors (Lipinski definition) is 0. The zero-order valence-electron chi connectivity index (χ0n) is 13.3. The van der Waals surface area contributed by atoms with Crippen LogP contribution in [0.5, 0.6) is 0 Å². The quantitative estimate of drug-likeness (QED) is 0.610. The predicted molar refractivity (Wildman–Crippen MR) is 80.3 cm³/mol. The van der Waals surface area contributed by atoms with Gasteiger partial charge in [-0.15, -0.1) is 0 Å². The summed E-state index contributed by atoms with van der Waals surface area (Å²) in [5.41, 5.74) is -0.172. The number of unbranched alkanes of at least 4 members (excludes halogenated alkanes) is 1. The average molecular weight is 268 g/mol. The molecule has 1 rings (SSSR count). The molecule has 3 unspecified atom stereocenters. The summed E-state index contributed by atoms with van der Waals surface area (Å²) in [5, 5.41) is 0. The second kappa shape index (κ2) is 8.04. The lowest BCUT2D eigenvalue weighted by atomic mass is 9.72. The van der Waals surface area contributed by atoms with Crippen LogP contribution in [0.2, 0.25) is 0 Å². The first-order valence-corrected chi connectivity index (χ1v) is 8.12. The Hall–Kier alpha value is -0.370. The Morgan fingerprint density at radius 3 is 2.63 bits per heavy atom. The topological polar surface area (TPSA) is 26.3 Å². The molecule has 3 atom stereocenters. The van der Waals surface area contributed by atoms with E-state index in [0.29, 0.717) is 24.2 Å². The Balaban J connectivity index is 2.66. The van der Waals surface area contributed by atoms with Crippen LogP contribution in [0.15, 0.2) is 0 Å². The first kappa shape index (κ1) is 16.7. The average Bonchev–Trinajstić information content (AvgIpc) is 2.77. The highest BCUT2D eigenvalue weighted by molar-refractivity contribution is 5.85. The Kier molecular flexibility index (Phi) is 7.06. The van der Waals surface area contributed by atoms with Crippen molar-refractivity contribution < 1.29 is 9.53 Å². The number of carbonyl (C=O) groups is 1. The van der Waals surface area contributed by atoms with E-state index in [1.54, 1.807) is 7.11 Å². The molecular weight excluding hydrogens is 236 g/mol. The van der Waals surface area contributed by atoms with Crippen LogP contribution in [-0.2, 0) is 9.53 Å². The number of rotatable bonds is 9. The molecule has 0 spiro atoms. The molecule has 0 amide bonds. The maximum Gasteiger partial charge on any atom is 0.141 e. The van der Waals surface area contributed by atoms with Gasteiger partial charge in [0.05, 0.1) is 12.0 Å². The molecule has 0 heterocycles. The summed E-state index contributed by atoms with van der Waals surface area (Å²) in [4.78, 5) is 12.8. The van der Waals surface area contributed by atoms with Crippen molar-refractivity contribution in [3.63, 3.8) is 0 Å². The minimum absolute atomic E-state index is 0.172. The molecule has 1 fully saturated rings. The Labute approximate surface area is 119 Å². The van der Waals surface area contributed by atoms with Gasteiger partial charge in [0.25, 0.3) is 0 Å². The molecule has 0 aromatic heterocycles. The third kappa shape index (κ3) is 4.05. The molecule has 0 radical (unpaired) electrons. The van der Waals surface area contributed by atoms with Crippen molar-refractivity contribution >= 4 is 5.78 Å². The fraction of sp³-hybridized carbons (Fsp3) is 0.941. The van der Waals surface area contributed by atoms with Crippen LogP contribution >= 0.6 is 0 Å². The van der Waals surface area contributed by atoms with Gasteiger partial charge in [-0.3, -0.25) is 4.79 Å². The number of ketones is 1. The lowest BCUT2D eigenvalue weighted by Gasteiger charge is -2.33. The van der Waals surface area contributed by atoms with Gasteiger partial charge in [0, 0.05) is 13.5 Å². The number of methoxy groups -OCH3 is 1. The molecule has 0 aromatic rings. The molecule has 19 heavy (non-hydrogen) atoms. The summed E-state index contributed by atoms with van der Waals surface area (Å²) >= 11 is 0. The van der Waals surface area contributed by atoms with E-state index in [1.807, 2.05) is 0 Å². The van der Waals surface area contributed by atoms with Crippen LogP contribution in [0.3, 0.4) is 0 Å². The molecule has 112 valence electrons. The second-order valence-electron chi connectivity index (χ2n) is 6.43. The van der Waals surface area contributed by atoms with Gasteiger partial charge in [0.15, 0.2) is 0 Å². The number of carbonyl (C=O) groups excluding carboxylic acids is 1. The molecule has 2 nitrogen and oxygen atoms in total. The van der Waals surface area contributed by atoms with Crippen molar-refractivity contribution in [1.82, 2.24) is 0 Å². The largest absolute Gasteiger partial charge is 0.384 e. The lowest BCUT2D eigenvalue weighted by molar-refractivity contribution is -0.135. The maximum atomic E-state index is 12.8. The van der Waals surface area contributed by atoms with Crippen LogP contribution < -0.4 is 0 Å². The van der Waals surface area contributed by atoms with Crippen LogP contribution in [0.25, 0.3) is 0 Å². The molecule has 1 saturated carbocycles. The van der Waals surface area contributed by atoms with E-state index >= 15 is 0 Å². The van der Waals surface area contributed by atoms with Crippen molar-refractivity contribution in [2.24, 2.45) is 17.3 Å². The minimum atomic E-state index is -0.172. The number of hydrogen-bond acceptors (Lipinski definition) is 2. The molecule has 0 bridgehead atoms. The zero-order chi connectivity index (χ0) is 14.3. The van der Waals surface area contributed by atoms with Gasteiger partial charge in [-0.2, -0.15) is 0 Å². The van der Waals surface area contributed by atoms with Gasteiger partial charge in [0.2, 0.25) is 0 Å². The van der Waals surface area contributed by atoms with Crippen molar-refractivity contribution in [3.8, 4) is 0 Å². The number of Topliss-reactive ketones (excluding diaryl/α,β-unsaturated/α-hetero) is 1. The van der Waals surface area contributed by atoms with Gasteiger partial charge in [0.1, 0.15) is 5.78 Å². The molecule has 2 heteroatoms. The molecule has 0 aliphatic heterocycles. The van der Waals surface area contributed by atoms with Gasteiger partial charge in [-0.1, -0.05) is 52.9 Å². The first-order chi connectivity index (χ1) is 9.10. The maximum absolute atomic E-state index is 12.8. The summed E-state index contributed by atoms with van der Waals surface area (Å²) < 4.78 is 5.40. The summed E-state index contributed by atoms with van der Waals surface area (Å²) in [6.45, 7) is 7.29. The number of ether oxygens (including phenoxy) is 1. The predicted octanol–water partition coefficient (Wildman–Crippen LogP) is 4.61. The van der Waals surface area contributed by atoms with Crippen molar-refractivity contribution in [3.05, 3.63) is 0 Å². The van der Waals surface area contributed by atoms with Crippen molar-refractivity contribution in [2.45, 2.75) is 72.1 Å². The summed E-state index contributed by atoms with van der Waals surface area (Å²) in [6.07, 6.45) is 8.97. The normalized spacial score (nSPS) is 28.5. The summed E-state index contributed by atoms with van der Waals surface area (Å²) in [5.74, 6) is 1.54. The molecule has 0 N–H and O–H groups in total. The van der Waals surface area contributed by atoms with Crippen molar-refractivity contribution in [2.75, 3.05) is 13.7 Å². The molecule has 0 saturated heterocycles. The Morgan fingerprint density at radius 2 is 2.16 bits per heavy atom. The van der Waals surface area contributed by atoms with Crippen LogP contribution in [-0.4, -0.2) is 19.5 Å². The Morgan fingerprint density at radius 1 is 1.42 bits per heavy atom. The van der Waals surface area contributed by atoms with E-state index in [-0.39, 0.29) is 5.41 Å². The van der Waals surface area contributed by atoms with E-state index in [9.17, 15) is 4.79 Å². The fourth-order valence-corrected chi connectivity index (χ4v) is 3.62. The highest BCUT2D eigenvalue weighted by Crippen LogP contribution is 2.45. The van der Waals surface area contributed by atoms with E-state index in [0.717, 1.165) is 19.3 Å². The van der Waals surface area contributed by atoms with E-state index in [4.69, 9.17) is 4.74 Å². The molecular formula is C17H32O2. The SMILES string of the molecule is CCCCC(CC)CC(=O)C1(COC)CCCC1C. The van der Waals surface area contributed by atoms with Gasteiger partial charge in [-0.05, 0) is 24.7 Å². The highest BCUT2D eigenvalue weighted by Gasteiger charge is 2.46. The van der Waals surface area contributed by atoms with E-state index < -0.39 is 0 Å². The third-order valence-corrected chi connectivity index (χ3v) is 5.18. The molecule has 0 aromatic carbocycles. The van der Waals surface area contributed by atoms with Gasteiger partial charge >= 0.3 is 0 Å². The Bertz CT molecular complexity index is 274. The van der Waals surface area contributed by atoms with Gasteiger partial charge in [-0.25, -0.2) is 0 Å². The molecule has 1 aliphatic rings. The lowest BCUT2D eigenvalue weighted by Crippen LogP contribution is -2.39. The third-order valence-electron chi connectivity index (χ3n) is 5.18. The minimum Gasteiger partial charge on any atom is -0.384 e. The second-order valence-corrected chi connectivity index (χ2v) is 6.43. The summed E-state index contributed by atoms with van der Waals surface area (Å²) in [6, 6.07) is 0. The fourth-order valence-electron chi connectivity index (χ4n) is 3.62. The first-order valence-electron chi connectivity index (χ1n) is 8.12. The van der Waals surface area contributed by atoms with E-state index in [2.05, 4.69) is 20.8 Å². The van der Waals surface area contributed by atoms with Gasteiger partial charge < -0.3 is 4.74 Å².